The van der Waals surface area contributed by atoms with Gasteiger partial charge in [0.1, 0.15) is 4.83 Å². The Kier molecular flexibility index (Phi) is 4.47. The summed E-state index contributed by atoms with van der Waals surface area (Å²) in [6.07, 6.45) is 8.81. The predicted octanol–water partition coefficient (Wildman–Crippen LogP) is 4.88. The van der Waals surface area contributed by atoms with Gasteiger partial charge in [0.25, 0.3) is 0 Å². The molecule has 1 aliphatic heterocycles. The van der Waals surface area contributed by atoms with E-state index in [0.29, 0.717) is 0 Å². The second-order valence-corrected chi connectivity index (χ2v) is 8.63. The molecule has 0 N–H and O–H groups in total. The van der Waals surface area contributed by atoms with E-state index in [2.05, 4.69) is 35.2 Å². The van der Waals surface area contributed by atoms with Crippen molar-refractivity contribution in [3.8, 4) is 11.4 Å². The van der Waals surface area contributed by atoms with Crippen LogP contribution in [0, 0.1) is 0 Å². The van der Waals surface area contributed by atoms with Crippen LogP contribution in [0.15, 0.2) is 30.3 Å². The SMILES string of the molecule is c1ccc(-c2nc(CCN3CCCC3)c3c4c(sc3n2)CCCC4)cc1. The number of thiophene rings is 1. The van der Waals surface area contributed by atoms with Crippen LogP contribution in [0.4, 0.5) is 0 Å². The molecule has 3 aromatic rings. The summed E-state index contributed by atoms with van der Waals surface area (Å²) in [5.41, 5.74) is 3.97. The fourth-order valence-electron chi connectivity index (χ4n) is 4.40. The van der Waals surface area contributed by atoms with E-state index in [1.165, 1.54) is 67.5 Å². The quantitative estimate of drug-likeness (QED) is 0.662. The van der Waals surface area contributed by atoms with E-state index < -0.39 is 0 Å². The maximum absolute atomic E-state index is 5.08. The summed E-state index contributed by atoms with van der Waals surface area (Å²) in [6.45, 7) is 3.63. The lowest BCUT2D eigenvalue weighted by Crippen LogP contribution is -2.22. The number of aryl methyl sites for hydroxylation is 2. The average Bonchev–Trinajstić information content (AvgIpc) is 3.34. The molecule has 134 valence electrons. The third-order valence-corrected chi connectivity index (χ3v) is 6.97. The van der Waals surface area contributed by atoms with Gasteiger partial charge in [0.15, 0.2) is 5.82 Å². The number of aromatic nitrogens is 2. The van der Waals surface area contributed by atoms with Gasteiger partial charge in [-0.2, -0.15) is 0 Å². The smallest absolute Gasteiger partial charge is 0.161 e. The van der Waals surface area contributed by atoms with Gasteiger partial charge in [-0.1, -0.05) is 30.3 Å². The first-order valence-corrected chi connectivity index (χ1v) is 10.8. The molecule has 2 aliphatic rings. The molecule has 1 aliphatic carbocycles. The van der Waals surface area contributed by atoms with E-state index >= 15 is 0 Å². The topological polar surface area (TPSA) is 29.0 Å². The van der Waals surface area contributed by atoms with Gasteiger partial charge in [-0.25, -0.2) is 9.97 Å². The molecule has 1 aromatic carbocycles. The molecular formula is C22H25N3S. The first kappa shape index (κ1) is 16.4. The minimum Gasteiger partial charge on any atom is -0.303 e. The second-order valence-electron chi connectivity index (χ2n) is 7.55. The van der Waals surface area contributed by atoms with Crippen molar-refractivity contribution in [2.75, 3.05) is 19.6 Å². The maximum Gasteiger partial charge on any atom is 0.161 e. The van der Waals surface area contributed by atoms with Crippen LogP contribution in [0.1, 0.15) is 41.8 Å². The highest BCUT2D eigenvalue weighted by molar-refractivity contribution is 7.18. The minimum atomic E-state index is 0.896. The Labute approximate surface area is 159 Å². The second kappa shape index (κ2) is 7.09. The molecule has 0 atom stereocenters. The number of benzene rings is 1. The van der Waals surface area contributed by atoms with Crippen LogP contribution < -0.4 is 0 Å². The van der Waals surface area contributed by atoms with Crippen molar-refractivity contribution >= 4 is 21.6 Å². The van der Waals surface area contributed by atoms with Gasteiger partial charge in [-0.3, -0.25) is 0 Å². The molecule has 0 unspecified atom stereocenters. The summed E-state index contributed by atoms with van der Waals surface area (Å²) in [7, 11) is 0. The summed E-state index contributed by atoms with van der Waals surface area (Å²) in [5, 5.41) is 1.39. The normalized spacial score (nSPS) is 17.7. The summed E-state index contributed by atoms with van der Waals surface area (Å²) < 4.78 is 0. The largest absolute Gasteiger partial charge is 0.303 e. The van der Waals surface area contributed by atoms with Crippen molar-refractivity contribution < 1.29 is 0 Å². The third kappa shape index (κ3) is 3.06. The molecule has 1 fully saturated rings. The minimum absolute atomic E-state index is 0.896. The average molecular weight is 364 g/mol. The first-order chi connectivity index (χ1) is 12.9. The molecule has 4 heteroatoms. The molecule has 0 spiro atoms. The molecule has 1 saturated heterocycles. The number of fused-ring (bicyclic) bond motifs is 3. The molecule has 3 heterocycles. The molecule has 0 amide bonds. The molecule has 0 radical (unpaired) electrons. The first-order valence-electron chi connectivity index (χ1n) is 9.97. The van der Waals surface area contributed by atoms with E-state index in [1.54, 1.807) is 10.4 Å². The van der Waals surface area contributed by atoms with E-state index in [-0.39, 0.29) is 0 Å². The molecule has 26 heavy (non-hydrogen) atoms. The lowest BCUT2D eigenvalue weighted by Gasteiger charge is -2.16. The highest BCUT2D eigenvalue weighted by Crippen LogP contribution is 2.38. The fraction of sp³-hybridized carbons (Fsp3) is 0.455. The van der Waals surface area contributed by atoms with Crippen LogP contribution in [0.25, 0.3) is 21.6 Å². The summed E-state index contributed by atoms with van der Waals surface area (Å²) in [4.78, 5) is 15.4. The van der Waals surface area contributed by atoms with Gasteiger partial charge in [-0.05, 0) is 57.2 Å². The Morgan fingerprint density at radius 1 is 0.923 bits per heavy atom. The summed E-state index contributed by atoms with van der Waals surface area (Å²) in [5.74, 6) is 0.896. The zero-order valence-corrected chi connectivity index (χ0v) is 16.0. The summed E-state index contributed by atoms with van der Waals surface area (Å²) >= 11 is 1.92. The summed E-state index contributed by atoms with van der Waals surface area (Å²) in [6, 6.07) is 10.5. The fourth-order valence-corrected chi connectivity index (χ4v) is 5.68. The van der Waals surface area contributed by atoms with E-state index in [1.807, 2.05) is 11.3 Å². The number of hydrogen-bond donors (Lipinski definition) is 0. The van der Waals surface area contributed by atoms with Crippen molar-refractivity contribution in [2.24, 2.45) is 0 Å². The van der Waals surface area contributed by atoms with Crippen molar-refractivity contribution in [1.29, 1.82) is 0 Å². The number of hydrogen-bond acceptors (Lipinski definition) is 4. The standard InChI is InChI=1S/C22H25N3S/c1-2-8-16(9-3-1)21-23-18(12-15-25-13-6-7-14-25)20-17-10-4-5-11-19(17)26-22(20)24-21/h1-3,8-9H,4-7,10-15H2. The van der Waals surface area contributed by atoms with Crippen LogP contribution >= 0.6 is 11.3 Å². The van der Waals surface area contributed by atoms with Crippen LogP contribution in [0.3, 0.4) is 0 Å². The van der Waals surface area contributed by atoms with Gasteiger partial charge in [-0.15, -0.1) is 11.3 Å². The highest BCUT2D eigenvalue weighted by atomic mass is 32.1. The Morgan fingerprint density at radius 2 is 1.73 bits per heavy atom. The van der Waals surface area contributed by atoms with Gasteiger partial charge < -0.3 is 4.90 Å². The van der Waals surface area contributed by atoms with E-state index in [9.17, 15) is 0 Å². The number of likely N-dealkylation sites (tertiary alicyclic amines) is 1. The van der Waals surface area contributed by atoms with Crippen LogP contribution in [0.2, 0.25) is 0 Å². The Balaban J connectivity index is 1.59. The van der Waals surface area contributed by atoms with Crippen molar-refractivity contribution in [1.82, 2.24) is 14.9 Å². The Bertz CT molecular complexity index is 910. The molecule has 0 saturated carbocycles. The predicted molar refractivity (Wildman–Crippen MR) is 109 cm³/mol. The number of rotatable bonds is 4. The van der Waals surface area contributed by atoms with Crippen LogP contribution in [0.5, 0.6) is 0 Å². The maximum atomic E-state index is 5.08. The Morgan fingerprint density at radius 3 is 2.58 bits per heavy atom. The monoisotopic (exact) mass is 363 g/mol. The molecule has 2 aromatic heterocycles. The molecule has 0 bridgehead atoms. The highest BCUT2D eigenvalue weighted by Gasteiger charge is 2.22. The number of nitrogens with zero attached hydrogens (tertiary/aromatic N) is 3. The van der Waals surface area contributed by atoms with Gasteiger partial charge in [0, 0.05) is 28.8 Å². The van der Waals surface area contributed by atoms with Crippen LogP contribution in [-0.2, 0) is 19.3 Å². The molecule has 3 nitrogen and oxygen atoms in total. The van der Waals surface area contributed by atoms with Crippen LogP contribution in [-0.4, -0.2) is 34.5 Å². The lowest BCUT2D eigenvalue weighted by molar-refractivity contribution is 0.342. The van der Waals surface area contributed by atoms with Crippen molar-refractivity contribution in [2.45, 2.75) is 44.9 Å². The van der Waals surface area contributed by atoms with Crippen molar-refractivity contribution in [3.05, 3.63) is 46.5 Å². The Hall–Kier alpha value is -1.78. The lowest BCUT2D eigenvalue weighted by atomic mass is 9.95. The third-order valence-electron chi connectivity index (χ3n) is 5.79. The molecule has 5 rings (SSSR count). The van der Waals surface area contributed by atoms with Gasteiger partial charge in [0.2, 0.25) is 0 Å². The molecular weight excluding hydrogens is 338 g/mol. The zero-order chi connectivity index (χ0) is 17.3. The van der Waals surface area contributed by atoms with E-state index in [0.717, 1.165) is 24.4 Å². The van der Waals surface area contributed by atoms with Gasteiger partial charge in [0.05, 0.1) is 5.69 Å². The van der Waals surface area contributed by atoms with Gasteiger partial charge >= 0.3 is 0 Å². The zero-order valence-electron chi connectivity index (χ0n) is 15.2. The van der Waals surface area contributed by atoms with E-state index in [4.69, 9.17) is 9.97 Å². The van der Waals surface area contributed by atoms with Crippen molar-refractivity contribution in [3.63, 3.8) is 0 Å².